The highest BCUT2D eigenvalue weighted by atomic mass is 32.2. The molecule has 0 radical (unpaired) electrons. The standard InChI is InChI=1S/C11H21NO3S2/c1-17(14,15)11-4-2-3-10(5-11)16(13)8-9-6-12-7-9/h9-12H,2-8H2,1H3. The predicted molar refractivity (Wildman–Crippen MR) is 70.3 cm³/mol. The van der Waals surface area contributed by atoms with E-state index in [1.807, 2.05) is 0 Å². The highest BCUT2D eigenvalue weighted by Crippen LogP contribution is 2.28. The van der Waals surface area contributed by atoms with Gasteiger partial charge in [0.2, 0.25) is 0 Å². The van der Waals surface area contributed by atoms with E-state index in [0.717, 1.165) is 38.1 Å². The highest BCUT2D eigenvalue weighted by Gasteiger charge is 2.33. The maximum Gasteiger partial charge on any atom is 0.150 e. The second-order valence-electron chi connectivity index (χ2n) is 5.31. The molecule has 0 bridgehead atoms. The third-order valence-electron chi connectivity index (χ3n) is 3.82. The second kappa shape index (κ2) is 5.36. The quantitative estimate of drug-likeness (QED) is 0.804. The molecule has 2 aliphatic rings. The summed E-state index contributed by atoms with van der Waals surface area (Å²) < 4.78 is 35.2. The average molecular weight is 279 g/mol. The number of rotatable bonds is 4. The minimum Gasteiger partial charge on any atom is -0.316 e. The van der Waals surface area contributed by atoms with Crippen LogP contribution in [0.4, 0.5) is 0 Å². The number of sulfone groups is 1. The Hall–Kier alpha value is 0.0600. The molecule has 0 aromatic carbocycles. The molecule has 4 nitrogen and oxygen atoms in total. The van der Waals surface area contributed by atoms with Crippen molar-refractivity contribution in [1.29, 1.82) is 0 Å². The number of nitrogens with one attached hydrogen (secondary N) is 1. The van der Waals surface area contributed by atoms with E-state index in [9.17, 15) is 12.6 Å². The molecule has 1 saturated carbocycles. The fourth-order valence-corrected chi connectivity index (χ4v) is 5.71. The van der Waals surface area contributed by atoms with Crippen LogP contribution in [0.2, 0.25) is 0 Å². The van der Waals surface area contributed by atoms with Crippen molar-refractivity contribution in [3.63, 3.8) is 0 Å². The van der Waals surface area contributed by atoms with Gasteiger partial charge in [-0.25, -0.2) is 8.42 Å². The summed E-state index contributed by atoms with van der Waals surface area (Å²) in [5.74, 6) is 1.28. The van der Waals surface area contributed by atoms with E-state index in [-0.39, 0.29) is 10.5 Å². The first-order valence-electron chi connectivity index (χ1n) is 6.23. The lowest BCUT2D eigenvalue weighted by molar-refractivity contribution is 0.380. The number of hydrogen-bond acceptors (Lipinski definition) is 4. The lowest BCUT2D eigenvalue weighted by Crippen LogP contribution is -2.46. The van der Waals surface area contributed by atoms with Gasteiger partial charge in [-0.3, -0.25) is 4.21 Å². The monoisotopic (exact) mass is 279 g/mol. The molecule has 2 rings (SSSR count). The van der Waals surface area contributed by atoms with Gasteiger partial charge in [0.15, 0.2) is 0 Å². The molecule has 3 unspecified atom stereocenters. The van der Waals surface area contributed by atoms with Crippen molar-refractivity contribution in [3.8, 4) is 0 Å². The summed E-state index contributed by atoms with van der Waals surface area (Å²) in [5, 5.41) is 3.01. The topological polar surface area (TPSA) is 63.2 Å². The Bertz CT molecular complexity index is 390. The molecule has 2 fully saturated rings. The Morgan fingerprint density at radius 1 is 1.29 bits per heavy atom. The van der Waals surface area contributed by atoms with Crippen molar-refractivity contribution in [2.45, 2.75) is 36.2 Å². The molecule has 0 aromatic heterocycles. The molecule has 0 spiro atoms. The predicted octanol–water partition coefficient (Wildman–Crippen LogP) is 0.310. The van der Waals surface area contributed by atoms with Crippen LogP contribution in [0, 0.1) is 5.92 Å². The van der Waals surface area contributed by atoms with Crippen LogP contribution >= 0.6 is 0 Å². The summed E-state index contributed by atoms with van der Waals surface area (Å²) in [6, 6.07) is 0. The van der Waals surface area contributed by atoms with Gasteiger partial charge in [0.1, 0.15) is 9.84 Å². The Morgan fingerprint density at radius 3 is 2.53 bits per heavy atom. The summed E-state index contributed by atoms with van der Waals surface area (Å²) in [6.45, 7) is 1.93. The van der Waals surface area contributed by atoms with Gasteiger partial charge in [0.05, 0.1) is 5.25 Å². The maximum atomic E-state index is 12.2. The van der Waals surface area contributed by atoms with E-state index >= 15 is 0 Å². The SMILES string of the molecule is CS(=O)(=O)C1CCCC(S(=O)CC2CNC2)C1. The van der Waals surface area contributed by atoms with Gasteiger partial charge < -0.3 is 5.32 Å². The Balaban J connectivity index is 1.90. The molecule has 1 saturated heterocycles. The summed E-state index contributed by atoms with van der Waals surface area (Å²) in [5.41, 5.74) is 0. The molecular weight excluding hydrogens is 258 g/mol. The van der Waals surface area contributed by atoms with E-state index in [1.165, 1.54) is 6.26 Å². The minimum atomic E-state index is -2.96. The maximum absolute atomic E-state index is 12.2. The van der Waals surface area contributed by atoms with E-state index in [4.69, 9.17) is 0 Å². The Kier molecular flexibility index (Phi) is 4.26. The molecule has 0 amide bonds. The first kappa shape index (κ1) is 13.5. The smallest absolute Gasteiger partial charge is 0.150 e. The lowest BCUT2D eigenvalue weighted by Gasteiger charge is -2.31. The van der Waals surface area contributed by atoms with Gasteiger partial charge in [-0.2, -0.15) is 0 Å². The Labute approximate surface area is 106 Å². The van der Waals surface area contributed by atoms with Crippen LogP contribution in [0.15, 0.2) is 0 Å². The number of hydrogen-bond donors (Lipinski definition) is 1. The average Bonchev–Trinajstić information content (AvgIpc) is 2.22. The van der Waals surface area contributed by atoms with Crippen LogP contribution in [-0.4, -0.2) is 48.2 Å². The largest absolute Gasteiger partial charge is 0.316 e. The van der Waals surface area contributed by atoms with Crippen molar-refractivity contribution in [2.75, 3.05) is 25.1 Å². The van der Waals surface area contributed by atoms with Crippen molar-refractivity contribution in [3.05, 3.63) is 0 Å². The molecule has 100 valence electrons. The summed E-state index contributed by atoms with van der Waals surface area (Å²) >= 11 is 0. The zero-order chi connectivity index (χ0) is 12.5. The van der Waals surface area contributed by atoms with E-state index < -0.39 is 20.6 Å². The first-order chi connectivity index (χ1) is 7.97. The summed E-state index contributed by atoms with van der Waals surface area (Å²) in [4.78, 5) is 0. The van der Waals surface area contributed by atoms with Crippen molar-refractivity contribution < 1.29 is 12.6 Å². The van der Waals surface area contributed by atoms with E-state index in [1.54, 1.807) is 0 Å². The Morgan fingerprint density at radius 2 is 2.00 bits per heavy atom. The summed E-state index contributed by atoms with van der Waals surface area (Å²) in [6.07, 6.45) is 4.48. The van der Waals surface area contributed by atoms with E-state index in [2.05, 4.69) is 5.32 Å². The van der Waals surface area contributed by atoms with Crippen molar-refractivity contribution in [1.82, 2.24) is 5.32 Å². The zero-order valence-electron chi connectivity index (χ0n) is 10.2. The normalized spacial score (nSPS) is 33.0. The molecule has 6 heteroatoms. The molecular formula is C11H21NO3S2. The van der Waals surface area contributed by atoms with Crippen LogP contribution in [0.5, 0.6) is 0 Å². The first-order valence-corrected chi connectivity index (χ1v) is 9.57. The van der Waals surface area contributed by atoms with Gasteiger partial charge in [0.25, 0.3) is 0 Å². The summed E-state index contributed by atoms with van der Waals surface area (Å²) in [7, 11) is -3.80. The van der Waals surface area contributed by atoms with E-state index in [0.29, 0.717) is 12.3 Å². The molecule has 3 atom stereocenters. The molecule has 1 aliphatic heterocycles. The van der Waals surface area contributed by atoms with Gasteiger partial charge in [-0.05, 0) is 25.2 Å². The molecule has 1 N–H and O–H groups in total. The fraction of sp³-hybridized carbons (Fsp3) is 1.00. The van der Waals surface area contributed by atoms with Crippen LogP contribution in [0.3, 0.4) is 0 Å². The van der Waals surface area contributed by atoms with Crippen molar-refractivity contribution in [2.24, 2.45) is 5.92 Å². The van der Waals surface area contributed by atoms with Crippen LogP contribution < -0.4 is 5.32 Å². The zero-order valence-corrected chi connectivity index (χ0v) is 11.9. The molecule has 17 heavy (non-hydrogen) atoms. The molecule has 0 aromatic rings. The molecule has 1 aliphatic carbocycles. The van der Waals surface area contributed by atoms with Crippen LogP contribution in [-0.2, 0) is 20.6 Å². The van der Waals surface area contributed by atoms with Crippen molar-refractivity contribution >= 4 is 20.6 Å². The molecule has 1 heterocycles. The van der Waals surface area contributed by atoms with Crippen LogP contribution in [0.1, 0.15) is 25.7 Å². The second-order valence-corrected chi connectivity index (χ2v) is 9.40. The minimum absolute atomic E-state index is 0.101. The highest BCUT2D eigenvalue weighted by molar-refractivity contribution is 7.91. The van der Waals surface area contributed by atoms with Gasteiger partial charge >= 0.3 is 0 Å². The third-order valence-corrected chi connectivity index (χ3v) is 7.43. The van der Waals surface area contributed by atoms with Gasteiger partial charge in [-0.1, -0.05) is 6.42 Å². The lowest BCUT2D eigenvalue weighted by atomic mass is 10.00. The van der Waals surface area contributed by atoms with Gasteiger partial charge in [-0.15, -0.1) is 0 Å². The van der Waals surface area contributed by atoms with Gasteiger partial charge in [0, 0.05) is 41.1 Å². The fourth-order valence-electron chi connectivity index (χ4n) is 2.56. The van der Waals surface area contributed by atoms with Crippen LogP contribution in [0.25, 0.3) is 0 Å². The third kappa shape index (κ3) is 3.51.